The zero-order valence-electron chi connectivity index (χ0n) is 17.7. The molecule has 1 atom stereocenters. The lowest BCUT2D eigenvalue weighted by Crippen LogP contribution is -2.49. The third kappa shape index (κ3) is 4.71. The number of esters is 1. The molecule has 1 aromatic rings. The number of hydrogen-bond acceptors (Lipinski definition) is 5. The Hall–Kier alpha value is -2.15. The van der Waals surface area contributed by atoms with Gasteiger partial charge in [-0.1, -0.05) is 0 Å². The molecule has 0 bridgehead atoms. The summed E-state index contributed by atoms with van der Waals surface area (Å²) in [5.74, 6) is -0.467. The molecule has 2 fully saturated rings. The number of nitrogens with one attached hydrogen (secondary N) is 1. The van der Waals surface area contributed by atoms with Crippen molar-refractivity contribution in [2.24, 2.45) is 5.41 Å². The summed E-state index contributed by atoms with van der Waals surface area (Å²) in [6, 6.07) is 1.65. The molecule has 1 N–H and O–H groups in total. The lowest BCUT2D eigenvalue weighted by molar-refractivity contribution is -0.162. The van der Waals surface area contributed by atoms with Crippen LogP contribution in [0.5, 0.6) is 0 Å². The van der Waals surface area contributed by atoms with Crippen LogP contribution in [-0.4, -0.2) is 54.2 Å². The van der Waals surface area contributed by atoms with Crippen LogP contribution in [0.25, 0.3) is 0 Å². The Balaban J connectivity index is 1.73. The van der Waals surface area contributed by atoms with Crippen LogP contribution < -0.4 is 5.56 Å². The third-order valence-electron chi connectivity index (χ3n) is 6.34. The van der Waals surface area contributed by atoms with E-state index in [0.717, 1.165) is 37.1 Å². The summed E-state index contributed by atoms with van der Waals surface area (Å²) >= 11 is 0. The monoisotopic (exact) mass is 404 g/mol. The molecular weight excluding hydrogens is 372 g/mol. The second-order valence-corrected chi connectivity index (χ2v) is 8.31. The molecule has 29 heavy (non-hydrogen) atoms. The SMILES string of the molecule is CCOC(=O)C1(CC2CCCCO2)CCN(C(=O)c2cc(C)c(C)[nH]c2=O)CC1. The standard InChI is InChI=1S/C22H32N2O5/c1-4-28-21(27)22(14-17-7-5-6-12-29-17)8-10-24(11-9-22)20(26)18-13-15(2)16(3)23-19(18)25/h13,17H,4-12,14H2,1-3H3,(H,23,25). The minimum absolute atomic E-state index is 0.0676. The summed E-state index contributed by atoms with van der Waals surface area (Å²) in [4.78, 5) is 42.5. The molecule has 7 nitrogen and oxygen atoms in total. The lowest BCUT2D eigenvalue weighted by Gasteiger charge is -2.42. The van der Waals surface area contributed by atoms with Crippen molar-refractivity contribution in [3.05, 3.63) is 33.2 Å². The number of ether oxygens (including phenoxy) is 2. The third-order valence-corrected chi connectivity index (χ3v) is 6.34. The Bertz CT molecular complexity index is 802. The van der Waals surface area contributed by atoms with Gasteiger partial charge in [0.15, 0.2) is 0 Å². The quantitative estimate of drug-likeness (QED) is 0.763. The fourth-order valence-electron chi connectivity index (χ4n) is 4.37. The predicted octanol–water partition coefficient (Wildman–Crippen LogP) is 2.74. The van der Waals surface area contributed by atoms with E-state index < -0.39 is 5.41 Å². The number of nitrogens with zero attached hydrogens (tertiary/aromatic N) is 1. The van der Waals surface area contributed by atoms with Gasteiger partial charge in [0, 0.05) is 25.4 Å². The predicted molar refractivity (Wildman–Crippen MR) is 109 cm³/mol. The molecule has 160 valence electrons. The maximum Gasteiger partial charge on any atom is 0.312 e. The number of carbonyl (C=O) groups excluding carboxylic acids is 2. The van der Waals surface area contributed by atoms with Crippen molar-refractivity contribution >= 4 is 11.9 Å². The van der Waals surface area contributed by atoms with E-state index >= 15 is 0 Å². The van der Waals surface area contributed by atoms with Gasteiger partial charge in [-0.05, 0) is 70.9 Å². The number of aryl methyl sites for hydroxylation is 2. The summed E-state index contributed by atoms with van der Waals surface area (Å²) in [5, 5.41) is 0. The van der Waals surface area contributed by atoms with Crippen molar-refractivity contribution in [3.63, 3.8) is 0 Å². The van der Waals surface area contributed by atoms with Gasteiger partial charge in [0.2, 0.25) is 0 Å². The second-order valence-electron chi connectivity index (χ2n) is 8.31. The fraction of sp³-hybridized carbons (Fsp3) is 0.682. The highest BCUT2D eigenvalue weighted by molar-refractivity contribution is 5.94. The van der Waals surface area contributed by atoms with E-state index in [1.807, 2.05) is 20.8 Å². The van der Waals surface area contributed by atoms with Crippen LogP contribution in [-0.2, 0) is 14.3 Å². The highest BCUT2D eigenvalue weighted by Gasteiger charge is 2.45. The van der Waals surface area contributed by atoms with Gasteiger partial charge in [0.1, 0.15) is 5.56 Å². The van der Waals surface area contributed by atoms with Gasteiger partial charge in [0.05, 0.1) is 18.1 Å². The van der Waals surface area contributed by atoms with E-state index in [0.29, 0.717) is 39.0 Å². The first-order valence-corrected chi connectivity index (χ1v) is 10.6. The van der Waals surface area contributed by atoms with Gasteiger partial charge >= 0.3 is 5.97 Å². The number of H-pyrrole nitrogens is 1. The molecule has 2 aliphatic heterocycles. The summed E-state index contributed by atoms with van der Waals surface area (Å²) < 4.78 is 11.3. The molecule has 1 unspecified atom stereocenters. The Kier molecular flexibility index (Phi) is 6.77. The number of pyridine rings is 1. The number of piperidine rings is 1. The zero-order chi connectivity index (χ0) is 21.0. The number of rotatable bonds is 5. The molecule has 1 amide bonds. The van der Waals surface area contributed by atoms with E-state index in [-0.39, 0.29) is 29.1 Å². The van der Waals surface area contributed by atoms with Crippen LogP contribution in [0.2, 0.25) is 0 Å². The largest absolute Gasteiger partial charge is 0.466 e. The molecule has 0 aliphatic carbocycles. The van der Waals surface area contributed by atoms with Gasteiger partial charge in [0.25, 0.3) is 11.5 Å². The molecule has 0 aromatic carbocycles. The van der Waals surface area contributed by atoms with Gasteiger partial charge in [-0.25, -0.2) is 0 Å². The van der Waals surface area contributed by atoms with Crippen LogP contribution in [0.1, 0.15) is 67.1 Å². The summed E-state index contributed by atoms with van der Waals surface area (Å²) in [6.45, 7) is 7.43. The van der Waals surface area contributed by atoms with E-state index in [1.165, 1.54) is 0 Å². The van der Waals surface area contributed by atoms with E-state index in [4.69, 9.17) is 9.47 Å². The fourth-order valence-corrected chi connectivity index (χ4v) is 4.37. The average Bonchev–Trinajstić information content (AvgIpc) is 2.71. The first kappa shape index (κ1) is 21.6. The lowest BCUT2D eigenvalue weighted by atomic mass is 9.73. The van der Waals surface area contributed by atoms with Gasteiger partial charge < -0.3 is 19.4 Å². The average molecular weight is 405 g/mol. The molecule has 1 aromatic heterocycles. The zero-order valence-corrected chi connectivity index (χ0v) is 17.7. The number of aromatic nitrogens is 1. The van der Waals surface area contributed by atoms with Gasteiger partial charge in [-0.2, -0.15) is 0 Å². The Labute approximate surface area is 171 Å². The van der Waals surface area contributed by atoms with Crippen LogP contribution in [0.15, 0.2) is 10.9 Å². The van der Waals surface area contributed by atoms with Gasteiger partial charge in [-0.3, -0.25) is 14.4 Å². The summed E-state index contributed by atoms with van der Waals surface area (Å²) in [7, 11) is 0. The molecular formula is C22H32N2O5. The molecule has 0 saturated carbocycles. The van der Waals surface area contributed by atoms with Crippen LogP contribution in [0.4, 0.5) is 0 Å². The molecule has 3 rings (SSSR count). The topological polar surface area (TPSA) is 88.7 Å². The van der Waals surface area contributed by atoms with Crippen molar-refractivity contribution in [1.29, 1.82) is 0 Å². The highest BCUT2D eigenvalue weighted by atomic mass is 16.5. The van der Waals surface area contributed by atoms with Crippen LogP contribution in [0.3, 0.4) is 0 Å². The summed E-state index contributed by atoms with van der Waals surface area (Å²) in [5.41, 5.74) is 0.812. The summed E-state index contributed by atoms with van der Waals surface area (Å²) in [6.07, 6.45) is 4.90. The Morgan fingerprint density at radius 2 is 2.00 bits per heavy atom. The molecule has 0 spiro atoms. The first-order valence-electron chi connectivity index (χ1n) is 10.6. The van der Waals surface area contributed by atoms with Crippen LogP contribution in [0, 0.1) is 19.3 Å². The normalized spacial score (nSPS) is 21.6. The van der Waals surface area contributed by atoms with Crippen molar-refractivity contribution in [1.82, 2.24) is 9.88 Å². The minimum atomic E-state index is -0.621. The van der Waals surface area contributed by atoms with Crippen molar-refractivity contribution in [3.8, 4) is 0 Å². The minimum Gasteiger partial charge on any atom is -0.466 e. The highest BCUT2D eigenvalue weighted by Crippen LogP contribution is 2.40. The number of carbonyl (C=O) groups is 2. The molecule has 2 aliphatic rings. The van der Waals surface area contributed by atoms with E-state index in [2.05, 4.69) is 4.98 Å². The first-order chi connectivity index (χ1) is 13.9. The van der Waals surface area contributed by atoms with E-state index in [1.54, 1.807) is 11.0 Å². The Morgan fingerprint density at radius 3 is 2.62 bits per heavy atom. The van der Waals surface area contributed by atoms with Crippen molar-refractivity contribution in [2.45, 2.75) is 65.4 Å². The van der Waals surface area contributed by atoms with Gasteiger partial charge in [-0.15, -0.1) is 0 Å². The number of likely N-dealkylation sites (tertiary alicyclic amines) is 1. The number of hydrogen-bond donors (Lipinski definition) is 1. The molecule has 3 heterocycles. The number of amides is 1. The Morgan fingerprint density at radius 1 is 1.28 bits per heavy atom. The molecule has 2 saturated heterocycles. The van der Waals surface area contributed by atoms with Crippen molar-refractivity contribution in [2.75, 3.05) is 26.3 Å². The number of aromatic amines is 1. The van der Waals surface area contributed by atoms with Crippen molar-refractivity contribution < 1.29 is 19.1 Å². The second kappa shape index (κ2) is 9.11. The maximum absolute atomic E-state index is 12.9. The van der Waals surface area contributed by atoms with E-state index in [9.17, 15) is 14.4 Å². The molecule has 7 heteroatoms. The smallest absolute Gasteiger partial charge is 0.312 e. The maximum atomic E-state index is 12.9. The van der Waals surface area contributed by atoms with Crippen LogP contribution >= 0.6 is 0 Å². The molecule has 0 radical (unpaired) electrons.